The van der Waals surface area contributed by atoms with Crippen molar-refractivity contribution >= 4 is 17.7 Å². The smallest absolute Gasteiger partial charge is 0.326 e. The summed E-state index contributed by atoms with van der Waals surface area (Å²) in [5, 5.41) is 5.30. The summed E-state index contributed by atoms with van der Waals surface area (Å²) < 4.78 is 0. The number of nitrogens with two attached hydrogens (primary N) is 1. The molecule has 0 radical (unpaired) electrons. The first-order valence-corrected chi connectivity index (χ1v) is 6.73. The van der Waals surface area contributed by atoms with Gasteiger partial charge in [0.1, 0.15) is 0 Å². The third-order valence-corrected chi connectivity index (χ3v) is 3.15. The number of carbonyl (C=O) groups excluding carboxylic acids is 1. The summed E-state index contributed by atoms with van der Waals surface area (Å²) in [6, 6.07) is 5.45. The molecule has 0 aliphatic heterocycles. The number of allylic oxidation sites excluding steroid dienone is 2. The lowest BCUT2D eigenvalue weighted by Gasteiger charge is -2.10. The molecule has 1 aliphatic rings. The van der Waals surface area contributed by atoms with Crippen molar-refractivity contribution in [3.8, 4) is 0 Å². The molecule has 0 atom stereocenters. The van der Waals surface area contributed by atoms with Gasteiger partial charge in [0.15, 0.2) is 0 Å². The Balaban J connectivity index is 1.95. The van der Waals surface area contributed by atoms with Crippen molar-refractivity contribution in [2.45, 2.75) is 33.1 Å². The Morgan fingerprint density at radius 3 is 2.80 bits per heavy atom. The molecule has 1 aliphatic carbocycles. The molecule has 0 heterocycles. The van der Waals surface area contributed by atoms with Gasteiger partial charge in [-0.15, -0.1) is 0 Å². The Morgan fingerprint density at radius 2 is 2.15 bits per heavy atom. The van der Waals surface area contributed by atoms with Gasteiger partial charge in [0.25, 0.3) is 0 Å². The number of nitrogens with zero attached hydrogens (tertiary/aromatic N) is 1. The minimum absolute atomic E-state index is 0.125. The van der Waals surface area contributed by atoms with Crippen LogP contribution < -0.4 is 16.4 Å². The number of urea groups is 1. The van der Waals surface area contributed by atoms with E-state index in [9.17, 15) is 4.79 Å². The van der Waals surface area contributed by atoms with Gasteiger partial charge in [-0.3, -0.25) is 5.32 Å². The molecule has 1 aromatic carbocycles. The summed E-state index contributed by atoms with van der Waals surface area (Å²) in [4.78, 5) is 16.0. The predicted octanol–water partition coefficient (Wildman–Crippen LogP) is 2.81. The number of amides is 2. The number of nitrogens with one attached hydrogen (secondary N) is 2. The van der Waals surface area contributed by atoms with Gasteiger partial charge in [0.05, 0.1) is 0 Å². The Labute approximate surface area is 119 Å². The van der Waals surface area contributed by atoms with E-state index in [0.717, 1.165) is 41.8 Å². The first-order valence-electron chi connectivity index (χ1n) is 6.73. The van der Waals surface area contributed by atoms with Crippen LogP contribution in [0, 0.1) is 13.8 Å². The number of hydrogen-bond donors (Lipinski definition) is 3. The van der Waals surface area contributed by atoms with Crippen LogP contribution in [0.5, 0.6) is 0 Å². The van der Waals surface area contributed by atoms with Crippen molar-refractivity contribution in [2.24, 2.45) is 10.7 Å². The molecule has 0 aromatic heterocycles. The van der Waals surface area contributed by atoms with E-state index < -0.39 is 0 Å². The molecule has 2 amide bonds. The number of benzene rings is 1. The Kier molecular flexibility index (Phi) is 4.40. The Morgan fingerprint density at radius 1 is 1.35 bits per heavy atom. The predicted molar refractivity (Wildman–Crippen MR) is 81.6 cm³/mol. The fourth-order valence-corrected chi connectivity index (χ4v) is 2.16. The number of guanidine groups is 1. The largest absolute Gasteiger partial charge is 0.369 e. The number of anilines is 1. The number of hydrogen-bond acceptors (Lipinski definition) is 2. The maximum absolute atomic E-state index is 11.8. The molecule has 0 saturated carbocycles. The van der Waals surface area contributed by atoms with Gasteiger partial charge in [-0.25, -0.2) is 9.79 Å². The summed E-state index contributed by atoms with van der Waals surface area (Å²) in [7, 11) is 0. The van der Waals surface area contributed by atoms with Crippen LogP contribution in [0.3, 0.4) is 0 Å². The second-order valence-electron chi connectivity index (χ2n) is 4.98. The third-order valence-electron chi connectivity index (χ3n) is 3.15. The molecule has 0 bridgehead atoms. The molecular formula is C15H20N4O. The van der Waals surface area contributed by atoms with Crippen LogP contribution >= 0.6 is 0 Å². The van der Waals surface area contributed by atoms with E-state index in [1.165, 1.54) is 0 Å². The molecule has 20 heavy (non-hydrogen) atoms. The maximum Gasteiger partial charge on any atom is 0.326 e. The fraction of sp³-hybridized carbons (Fsp3) is 0.333. The normalized spacial score (nSPS) is 14.9. The van der Waals surface area contributed by atoms with Crippen LogP contribution in [0.15, 0.2) is 35.0 Å². The summed E-state index contributed by atoms with van der Waals surface area (Å²) in [6.07, 6.45) is 5.08. The highest BCUT2D eigenvalue weighted by molar-refractivity contribution is 6.02. The number of carbonyl (C=O) groups is 1. The van der Waals surface area contributed by atoms with Crippen LogP contribution in [-0.2, 0) is 0 Å². The van der Waals surface area contributed by atoms with E-state index in [4.69, 9.17) is 5.73 Å². The highest BCUT2D eigenvalue weighted by atomic mass is 16.2. The van der Waals surface area contributed by atoms with Crippen LogP contribution in [0.4, 0.5) is 10.5 Å². The number of aliphatic imine (C=N–C) groups is 1. The molecule has 4 N–H and O–H groups in total. The van der Waals surface area contributed by atoms with E-state index >= 15 is 0 Å². The van der Waals surface area contributed by atoms with Gasteiger partial charge in [-0.1, -0.05) is 23.8 Å². The van der Waals surface area contributed by atoms with Crippen LogP contribution in [-0.4, -0.2) is 12.0 Å². The van der Waals surface area contributed by atoms with Crippen molar-refractivity contribution in [2.75, 3.05) is 5.32 Å². The van der Waals surface area contributed by atoms with Crippen molar-refractivity contribution in [3.63, 3.8) is 0 Å². The van der Waals surface area contributed by atoms with E-state index in [1.54, 1.807) is 0 Å². The van der Waals surface area contributed by atoms with Gasteiger partial charge in [-0.05, 0) is 44.7 Å². The lowest BCUT2D eigenvalue weighted by Crippen LogP contribution is -2.39. The lowest BCUT2D eigenvalue weighted by molar-refractivity contribution is 0.256. The molecule has 5 heteroatoms. The van der Waals surface area contributed by atoms with Crippen molar-refractivity contribution in [1.29, 1.82) is 0 Å². The van der Waals surface area contributed by atoms with Crippen LogP contribution in [0.2, 0.25) is 0 Å². The monoisotopic (exact) mass is 272 g/mol. The number of aryl methyl sites for hydroxylation is 2. The highest BCUT2D eigenvalue weighted by Crippen LogP contribution is 2.18. The minimum atomic E-state index is -0.378. The average molecular weight is 272 g/mol. The van der Waals surface area contributed by atoms with Gasteiger partial charge in [-0.2, -0.15) is 0 Å². The van der Waals surface area contributed by atoms with E-state index in [-0.39, 0.29) is 12.0 Å². The van der Waals surface area contributed by atoms with Gasteiger partial charge >= 0.3 is 6.03 Å². The highest BCUT2D eigenvalue weighted by Gasteiger charge is 2.08. The molecule has 0 spiro atoms. The SMILES string of the molecule is Cc1ccc(NC(=O)NC(N)=NC2=CCCC2)c(C)c1. The first-order chi connectivity index (χ1) is 9.54. The average Bonchev–Trinajstić information content (AvgIpc) is 2.85. The molecule has 106 valence electrons. The van der Waals surface area contributed by atoms with E-state index in [0.29, 0.717) is 0 Å². The molecule has 0 fully saturated rings. The lowest BCUT2D eigenvalue weighted by atomic mass is 10.1. The summed E-state index contributed by atoms with van der Waals surface area (Å²) in [5.74, 6) is 0.125. The van der Waals surface area contributed by atoms with Crippen molar-refractivity contribution < 1.29 is 4.79 Å². The standard InChI is InChI=1S/C15H20N4O/c1-10-7-8-13(11(2)9-10)18-15(20)19-14(16)17-12-5-3-4-6-12/h5,7-9H,3-4,6H2,1-2H3,(H4,16,17,18,19,20). The minimum Gasteiger partial charge on any atom is -0.369 e. The quantitative estimate of drug-likeness (QED) is 0.571. The zero-order valence-electron chi connectivity index (χ0n) is 11.9. The second-order valence-corrected chi connectivity index (χ2v) is 4.98. The topological polar surface area (TPSA) is 79.5 Å². The third kappa shape index (κ3) is 3.85. The van der Waals surface area contributed by atoms with Gasteiger partial charge in [0, 0.05) is 11.4 Å². The van der Waals surface area contributed by atoms with E-state index in [1.807, 2.05) is 38.1 Å². The van der Waals surface area contributed by atoms with Crippen LogP contribution in [0.25, 0.3) is 0 Å². The zero-order valence-corrected chi connectivity index (χ0v) is 11.9. The second kappa shape index (κ2) is 6.23. The molecular weight excluding hydrogens is 252 g/mol. The summed E-state index contributed by atoms with van der Waals surface area (Å²) in [5.41, 5.74) is 9.58. The zero-order chi connectivity index (χ0) is 14.5. The molecule has 0 unspecified atom stereocenters. The van der Waals surface area contributed by atoms with Crippen molar-refractivity contribution in [3.05, 3.63) is 41.1 Å². The van der Waals surface area contributed by atoms with Gasteiger partial charge in [0.2, 0.25) is 5.96 Å². The fourth-order valence-electron chi connectivity index (χ4n) is 2.16. The first kappa shape index (κ1) is 14.1. The Bertz CT molecular complexity index is 575. The molecule has 2 rings (SSSR count). The summed E-state index contributed by atoms with van der Waals surface area (Å²) in [6.45, 7) is 3.96. The Hall–Kier alpha value is -2.30. The maximum atomic E-state index is 11.8. The molecule has 5 nitrogen and oxygen atoms in total. The van der Waals surface area contributed by atoms with Crippen molar-refractivity contribution in [1.82, 2.24) is 5.32 Å². The number of rotatable bonds is 2. The van der Waals surface area contributed by atoms with Gasteiger partial charge < -0.3 is 11.1 Å². The molecule has 0 saturated heterocycles. The molecule has 1 aromatic rings. The van der Waals surface area contributed by atoms with Crippen LogP contribution in [0.1, 0.15) is 30.4 Å². The summed E-state index contributed by atoms with van der Waals surface area (Å²) >= 11 is 0. The van der Waals surface area contributed by atoms with E-state index in [2.05, 4.69) is 15.6 Å².